The van der Waals surface area contributed by atoms with Gasteiger partial charge in [0.2, 0.25) is 0 Å². The average molecular weight is 441 g/mol. The molecule has 0 spiro atoms. The van der Waals surface area contributed by atoms with E-state index in [-0.39, 0.29) is 6.61 Å². The van der Waals surface area contributed by atoms with E-state index >= 15 is 0 Å². The van der Waals surface area contributed by atoms with Gasteiger partial charge >= 0.3 is 5.97 Å². The van der Waals surface area contributed by atoms with Crippen molar-refractivity contribution in [3.63, 3.8) is 0 Å². The molecule has 3 N–H and O–H groups in total. The average Bonchev–Trinajstić information content (AvgIpc) is 2.86. The van der Waals surface area contributed by atoms with Crippen molar-refractivity contribution in [3.05, 3.63) is 96.4 Å². The standard InChI is InChI=1S/C25H24N6O2/c1-2-33-25(32)19-12-6-7-13-20(19)30-23-22(26)24(29-17-28-23)31(21-14-8-9-15-27-21)16-18-10-4-3-5-11-18/h3-15,17H,2,16,26H2,1H3,(H,28,29,30). The summed E-state index contributed by atoms with van der Waals surface area (Å²) >= 11 is 0. The zero-order valence-corrected chi connectivity index (χ0v) is 18.2. The van der Waals surface area contributed by atoms with Crippen LogP contribution >= 0.6 is 0 Å². The molecule has 4 rings (SSSR count). The SMILES string of the molecule is CCOC(=O)c1ccccc1Nc1ncnc(N(Cc2ccccc2)c2ccccn2)c1N. The number of anilines is 5. The Morgan fingerprint density at radius 1 is 0.970 bits per heavy atom. The van der Waals surface area contributed by atoms with Gasteiger partial charge in [0.1, 0.15) is 17.8 Å². The van der Waals surface area contributed by atoms with E-state index < -0.39 is 5.97 Å². The number of carbonyl (C=O) groups excluding carboxylic acids is 1. The van der Waals surface area contributed by atoms with Crippen molar-refractivity contribution in [1.82, 2.24) is 15.0 Å². The fourth-order valence-electron chi connectivity index (χ4n) is 3.35. The van der Waals surface area contributed by atoms with Crippen LogP contribution in [0.4, 0.5) is 28.8 Å². The van der Waals surface area contributed by atoms with Crippen molar-refractivity contribution in [3.8, 4) is 0 Å². The fraction of sp³-hybridized carbons (Fsp3) is 0.120. The Kier molecular flexibility index (Phi) is 6.75. The maximum Gasteiger partial charge on any atom is 0.340 e. The molecule has 0 aliphatic carbocycles. The molecule has 2 aromatic heterocycles. The third kappa shape index (κ3) is 5.07. The summed E-state index contributed by atoms with van der Waals surface area (Å²) in [7, 11) is 0. The maximum absolute atomic E-state index is 12.4. The maximum atomic E-state index is 12.4. The molecule has 0 amide bonds. The number of nitrogens with two attached hydrogens (primary N) is 1. The molecule has 166 valence electrons. The number of nitrogens with one attached hydrogen (secondary N) is 1. The van der Waals surface area contributed by atoms with Crippen LogP contribution in [0, 0.1) is 0 Å². The van der Waals surface area contributed by atoms with E-state index in [9.17, 15) is 4.79 Å². The summed E-state index contributed by atoms with van der Waals surface area (Å²) in [5.41, 5.74) is 8.87. The van der Waals surface area contributed by atoms with Gasteiger partial charge in [-0.3, -0.25) is 0 Å². The predicted octanol–water partition coefficient (Wildman–Crippen LogP) is 4.71. The molecular formula is C25H24N6O2. The molecule has 0 aliphatic heterocycles. The zero-order valence-electron chi connectivity index (χ0n) is 18.2. The molecule has 4 aromatic rings. The highest BCUT2D eigenvalue weighted by atomic mass is 16.5. The Bertz CT molecular complexity index is 1220. The van der Waals surface area contributed by atoms with Crippen molar-refractivity contribution in [2.75, 3.05) is 22.6 Å². The number of nitrogens with zero attached hydrogens (tertiary/aromatic N) is 4. The number of rotatable bonds is 8. The predicted molar refractivity (Wildman–Crippen MR) is 129 cm³/mol. The lowest BCUT2D eigenvalue weighted by atomic mass is 10.1. The molecule has 2 aromatic carbocycles. The van der Waals surface area contributed by atoms with Crippen LogP contribution in [0.1, 0.15) is 22.8 Å². The number of ether oxygens (including phenoxy) is 1. The fourth-order valence-corrected chi connectivity index (χ4v) is 3.35. The number of carbonyl (C=O) groups is 1. The van der Waals surface area contributed by atoms with Crippen LogP contribution in [0.5, 0.6) is 0 Å². The molecule has 0 radical (unpaired) electrons. The van der Waals surface area contributed by atoms with Gasteiger partial charge in [-0.05, 0) is 36.8 Å². The number of hydrogen-bond acceptors (Lipinski definition) is 8. The number of benzene rings is 2. The van der Waals surface area contributed by atoms with Gasteiger partial charge in [-0.2, -0.15) is 0 Å². The minimum absolute atomic E-state index is 0.283. The van der Waals surface area contributed by atoms with Gasteiger partial charge in [0.15, 0.2) is 11.6 Å². The first-order valence-corrected chi connectivity index (χ1v) is 10.5. The summed E-state index contributed by atoms with van der Waals surface area (Å²) in [5.74, 6) is 1.16. The van der Waals surface area contributed by atoms with Crippen molar-refractivity contribution < 1.29 is 9.53 Å². The first-order valence-electron chi connectivity index (χ1n) is 10.5. The Labute approximate surface area is 192 Å². The van der Waals surface area contributed by atoms with Gasteiger partial charge in [0.05, 0.1) is 24.4 Å². The molecule has 0 fully saturated rings. The summed E-state index contributed by atoms with van der Waals surface area (Å²) in [6.45, 7) is 2.56. The van der Waals surface area contributed by atoms with Gasteiger partial charge in [-0.15, -0.1) is 0 Å². The van der Waals surface area contributed by atoms with Crippen molar-refractivity contribution in [2.45, 2.75) is 13.5 Å². The van der Waals surface area contributed by atoms with Crippen LogP contribution in [0.3, 0.4) is 0 Å². The summed E-state index contributed by atoms with van der Waals surface area (Å²) in [5, 5.41) is 3.17. The third-order valence-corrected chi connectivity index (χ3v) is 4.90. The number of hydrogen-bond donors (Lipinski definition) is 2. The Morgan fingerprint density at radius 2 is 1.73 bits per heavy atom. The van der Waals surface area contributed by atoms with Crippen molar-refractivity contribution >= 4 is 34.8 Å². The second-order valence-electron chi connectivity index (χ2n) is 7.11. The number of para-hydroxylation sites is 1. The van der Waals surface area contributed by atoms with E-state index in [1.165, 1.54) is 6.33 Å². The van der Waals surface area contributed by atoms with Crippen LogP contribution in [0.25, 0.3) is 0 Å². The molecule has 8 heteroatoms. The van der Waals surface area contributed by atoms with Crippen LogP contribution in [-0.2, 0) is 11.3 Å². The van der Waals surface area contributed by atoms with Gasteiger partial charge < -0.3 is 20.7 Å². The van der Waals surface area contributed by atoms with Crippen molar-refractivity contribution in [2.24, 2.45) is 0 Å². The Hall–Kier alpha value is -4.46. The molecule has 33 heavy (non-hydrogen) atoms. The molecule has 2 heterocycles. The monoisotopic (exact) mass is 440 g/mol. The number of aromatic nitrogens is 3. The van der Waals surface area contributed by atoms with E-state index in [1.54, 1.807) is 31.3 Å². The van der Waals surface area contributed by atoms with Crippen LogP contribution in [0.2, 0.25) is 0 Å². The molecule has 0 saturated carbocycles. The van der Waals surface area contributed by atoms with Crippen LogP contribution < -0.4 is 16.0 Å². The summed E-state index contributed by atoms with van der Waals surface area (Å²) in [4.78, 5) is 27.6. The molecule has 0 atom stereocenters. The molecule has 0 aliphatic rings. The Morgan fingerprint density at radius 3 is 2.48 bits per heavy atom. The normalized spacial score (nSPS) is 10.5. The van der Waals surface area contributed by atoms with Crippen LogP contribution in [-0.4, -0.2) is 27.5 Å². The number of esters is 1. The summed E-state index contributed by atoms with van der Waals surface area (Å²) in [6.07, 6.45) is 3.15. The first kappa shape index (κ1) is 21.8. The van der Waals surface area contributed by atoms with Gasteiger partial charge in [-0.1, -0.05) is 48.5 Å². The second kappa shape index (κ2) is 10.2. The Balaban J connectivity index is 1.71. The van der Waals surface area contributed by atoms with Crippen LogP contribution in [0.15, 0.2) is 85.3 Å². The van der Waals surface area contributed by atoms with Gasteiger partial charge in [-0.25, -0.2) is 19.7 Å². The third-order valence-electron chi connectivity index (χ3n) is 4.90. The summed E-state index contributed by atoms with van der Waals surface area (Å²) < 4.78 is 5.16. The molecule has 8 nitrogen and oxygen atoms in total. The first-order chi connectivity index (χ1) is 16.2. The molecular weight excluding hydrogens is 416 g/mol. The van der Waals surface area contributed by atoms with E-state index in [4.69, 9.17) is 10.5 Å². The van der Waals surface area contributed by atoms with E-state index in [1.807, 2.05) is 59.5 Å². The number of pyridine rings is 1. The quantitative estimate of drug-likeness (QED) is 0.379. The highest BCUT2D eigenvalue weighted by Crippen LogP contribution is 2.34. The van der Waals surface area contributed by atoms with E-state index in [0.717, 1.165) is 5.56 Å². The highest BCUT2D eigenvalue weighted by molar-refractivity contribution is 5.97. The lowest BCUT2D eigenvalue weighted by Crippen LogP contribution is -2.21. The van der Waals surface area contributed by atoms with Gasteiger partial charge in [0.25, 0.3) is 0 Å². The molecule has 0 saturated heterocycles. The lowest BCUT2D eigenvalue weighted by Gasteiger charge is -2.25. The van der Waals surface area contributed by atoms with Gasteiger partial charge in [0, 0.05) is 6.20 Å². The van der Waals surface area contributed by atoms with E-state index in [0.29, 0.717) is 40.9 Å². The topological polar surface area (TPSA) is 106 Å². The van der Waals surface area contributed by atoms with Crippen molar-refractivity contribution in [1.29, 1.82) is 0 Å². The minimum Gasteiger partial charge on any atom is -0.462 e. The molecule has 0 bridgehead atoms. The summed E-state index contributed by atoms with van der Waals surface area (Å²) in [6, 6.07) is 22.7. The second-order valence-corrected chi connectivity index (χ2v) is 7.11. The largest absolute Gasteiger partial charge is 0.462 e. The molecule has 0 unspecified atom stereocenters. The van der Waals surface area contributed by atoms with E-state index in [2.05, 4.69) is 20.3 Å². The number of nitrogen functional groups attached to an aromatic ring is 1. The lowest BCUT2D eigenvalue weighted by molar-refractivity contribution is 0.0527. The minimum atomic E-state index is -0.423. The highest BCUT2D eigenvalue weighted by Gasteiger charge is 2.20. The zero-order chi connectivity index (χ0) is 23.0. The smallest absolute Gasteiger partial charge is 0.340 e.